The molecule has 0 aliphatic carbocycles. The van der Waals surface area contributed by atoms with Crippen LogP contribution in [0.3, 0.4) is 0 Å². The molecule has 0 unspecified atom stereocenters. The summed E-state index contributed by atoms with van der Waals surface area (Å²) in [6.45, 7) is 7.79. The first kappa shape index (κ1) is 14.4. The molecule has 1 aromatic carbocycles. The standard InChI is InChI=1S/C16H20BrN3O/c1-10(2)18-16-19-11(3)8-20(16)9-13-7-14(17)6-12-4-5-21-15(12)13/h6-8,10H,4-5,9H2,1-3H3,(H,18,19). The predicted molar refractivity (Wildman–Crippen MR) is 88.2 cm³/mol. The highest BCUT2D eigenvalue weighted by molar-refractivity contribution is 9.10. The van der Waals surface area contributed by atoms with Gasteiger partial charge in [-0.3, -0.25) is 0 Å². The molecule has 0 atom stereocenters. The molecule has 21 heavy (non-hydrogen) atoms. The van der Waals surface area contributed by atoms with Crippen molar-refractivity contribution in [3.8, 4) is 5.75 Å². The van der Waals surface area contributed by atoms with Crippen LogP contribution in [0.4, 0.5) is 5.95 Å². The molecule has 3 rings (SSSR count). The van der Waals surface area contributed by atoms with Crippen molar-refractivity contribution < 1.29 is 4.74 Å². The van der Waals surface area contributed by atoms with Gasteiger partial charge in [0.15, 0.2) is 0 Å². The van der Waals surface area contributed by atoms with Gasteiger partial charge in [-0.1, -0.05) is 15.9 Å². The maximum Gasteiger partial charge on any atom is 0.203 e. The van der Waals surface area contributed by atoms with Crippen LogP contribution in [0.5, 0.6) is 5.75 Å². The molecule has 0 spiro atoms. The molecular formula is C16H20BrN3O. The summed E-state index contributed by atoms with van der Waals surface area (Å²) in [5.41, 5.74) is 3.50. The van der Waals surface area contributed by atoms with Crippen LogP contribution in [0.1, 0.15) is 30.7 Å². The number of hydrogen-bond acceptors (Lipinski definition) is 3. The quantitative estimate of drug-likeness (QED) is 0.913. The summed E-state index contributed by atoms with van der Waals surface area (Å²) in [5, 5.41) is 3.40. The van der Waals surface area contributed by atoms with E-state index in [4.69, 9.17) is 4.74 Å². The topological polar surface area (TPSA) is 39.1 Å². The lowest BCUT2D eigenvalue weighted by molar-refractivity contribution is 0.352. The third kappa shape index (κ3) is 3.07. The fourth-order valence-electron chi connectivity index (χ4n) is 2.69. The molecule has 112 valence electrons. The van der Waals surface area contributed by atoms with Crippen LogP contribution < -0.4 is 10.1 Å². The maximum atomic E-state index is 5.81. The van der Waals surface area contributed by atoms with E-state index >= 15 is 0 Å². The Kier molecular flexibility index (Phi) is 3.93. The Hall–Kier alpha value is -1.49. The highest BCUT2D eigenvalue weighted by Crippen LogP contribution is 2.34. The number of rotatable bonds is 4. The lowest BCUT2D eigenvalue weighted by atomic mass is 10.1. The van der Waals surface area contributed by atoms with Gasteiger partial charge in [-0.05, 0) is 38.5 Å². The molecule has 4 nitrogen and oxygen atoms in total. The van der Waals surface area contributed by atoms with Gasteiger partial charge in [-0.25, -0.2) is 4.98 Å². The maximum absolute atomic E-state index is 5.81. The Morgan fingerprint density at radius 3 is 3.00 bits per heavy atom. The zero-order valence-corrected chi connectivity index (χ0v) is 14.2. The summed E-state index contributed by atoms with van der Waals surface area (Å²) in [5.74, 6) is 1.95. The van der Waals surface area contributed by atoms with Crippen LogP contribution in [0, 0.1) is 6.92 Å². The molecule has 2 aromatic rings. The minimum Gasteiger partial charge on any atom is -0.493 e. The summed E-state index contributed by atoms with van der Waals surface area (Å²) in [6.07, 6.45) is 3.06. The number of nitrogens with one attached hydrogen (secondary N) is 1. The number of halogens is 1. The molecule has 0 amide bonds. The lowest BCUT2D eigenvalue weighted by Gasteiger charge is -2.14. The highest BCUT2D eigenvalue weighted by Gasteiger charge is 2.18. The average Bonchev–Trinajstić information content (AvgIpc) is 2.96. The molecule has 1 aromatic heterocycles. The molecule has 1 N–H and O–H groups in total. The number of fused-ring (bicyclic) bond motifs is 1. The third-order valence-corrected chi connectivity index (χ3v) is 3.94. The number of aromatic nitrogens is 2. The number of hydrogen-bond donors (Lipinski definition) is 1. The van der Waals surface area contributed by atoms with Crippen molar-refractivity contribution in [2.24, 2.45) is 0 Å². The lowest BCUT2D eigenvalue weighted by Crippen LogP contribution is -2.15. The third-order valence-electron chi connectivity index (χ3n) is 3.48. The Morgan fingerprint density at radius 1 is 1.43 bits per heavy atom. The van der Waals surface area contributed by atoms with E-state index in [1.54, 1.807) is 0 Å². The van der Waals surface area contributed by atoms with Crippen molar-refractivity contribution in [2.75, 3.05) is 11.9 Å². The molecule has 0 bridgehead atoms. The first-order valence-corrected chi connectivity index (χ1v) is 8.06. The fraction of sp³-hybridized carbons (Fsp3) is 0.438. The zero-order valence-electron chi connectivity index (χ0n) is 12.6. The molecular weight excluding hydrogens is 330 g/mol. The Balaban J connectivity index is 1.94. The summed E-state index contributed by atoms with van der Waals surface area (Å²) in [4.78, 5) is 4.56. The normalized spacial score (nSPS) is 13.4. The Labute approximate surface area is 133 Å². The molecule has 2 heterocycles. The highest BCUT2D eigenvalue weighted by atomic mass is 79.9. The molecule has 0 fully saturated rings. The smallest absolute Gasteiger partial charge is 0.203 e. The van der Waals surface area contributed by atoms with Gasteiger partial charge in [0.2, 0.25) is 5.95 Å². The SMILES string of the molecule is Cc1cn(Cc2cc(Br)cc3c2OCC3)c(NC(C)C)n1. The second kappa shape index (κ2) is 5.72. The van der Waals surface area contributed by atoms with Crippen molar-refractivity contribution >= 4 is 21.9 Å². The second-order valence-electron chi connectivity index (χ2n) is 5.78. The molecule has 1 aliphatic heterocycles. The van der Waals surface area contributed by atoms with Crippen molar-refractivity contribution in [1.29, 1.82) is 0 Å². The number of nitrogens with zero attached hydrogens (tertiary/aromatic N) is 2. The van der Waals surface area contributed by atoms with Gasteiger partial charge >= 0.3 is 0 Å². The van der Waals surface area contributed by atoms with Crippen molar-refractivity contribution in [1.82, 2.24) is 9.55 Å². The van der Waals surface area contributed by atoms with Crippen LogP contribution in [-0.2, 0) is 13.0 Å². The van der Waals surface area contributed by atoms with Crippen LogP contribution in [0.15, 0.2) is 22.8 Å². The van der Waals surface area contributed by atoms with E-state index in [-0.39, 0.29) is 0 Å². The van der Waals surface area contributed by atoms with E-state index < -0.39 is 0 Å². The Morgan fingerprint density at radius 2 is 2.24 bits per heavy atom. The van der Waals surface area contributed by atoms with Gasteiger partial charge in [0.25, 0.3) is 0 Å². The minimum atomic E-state index is 0.357. The summed E-state index contributed by atoms with van der Waals surface area (Å²) in [6, 6.07) is 4.65. The first-order chi connectivity index (χ1) is 10.0. The number of imidazole rings is 1. The van der Waals surface area contributed by atoms with Crippen molar-refractivity contribution in [3.05, 3.63) is 39.6 Å². The zero-order chi connectivity index (χ0) is 15.0. The van der Waals surface area contributed by atoms with Gasteiger partial charge in [0.05, 0.1) is 18.8 Å². The van der Waals surface area contributed by atoms with Crippen LogP contribution in [-0.4, -0.2) is 22.2 Å². The van der Waals surface area contributed by atoms with E-state index in [1.165, 1.54) is 11.1 Å². The van der Waals surface area contributed by atoms with E-state index in [9.17, 15) is 0 Å². The Bertz CT molecular complexity index is 664. The summed E-state index contributed by atoms with van der Waals surface area (Å²) >= 11 is 3.60. The second-order valence-corrected chi connectivity index (χ2v) is 6.70. The van der Waals surface area contributed by atoms with Gasteiger partial charge < -0.3 is 14.6 Å². The van der Waals surface area contributed by atoms with Crippen LogP contribution >= 0.6 is 15.9 Å². The fourth-order valence-corrected chi connectivity index (χ4v) is 3.24. The van der Waals surface area contributed by atoms with E-state index in [2.05, 4.69) is 63.0 Å². The largest absolute Gasteiger partial charge is 0.493 e. The summed E-state index contributed by atoms with van der Waals surface area (Å²) in [7, 11) is 0. The van der Waals surface area contributed by atoms with Crippen molar-refractivity contribution in [3.63, 3.8) is 0 Å². The summed E-state index contributed by atoms with van der Waals surface area (Å²) < 4.78 is 9.07. The number of anilines is 1. The van der Waals surface area contributed by atoms with Gasteiger partial charge in [-0.15, -0.1) is 0 Å². The van der Waals surface area contributed by atoms with Crippen molar-refractivity contribution in [2.45, 2.75) is 39.8 Å². The molecule has 0 saturated carbocycles. The van der Waals surface area contributed by atoms with E-state index in [0.717, 1.165) is 41.4 Å². The molecule has 1 aliphatic rings. The number of benzene rings is 1. The monoisotopic (exact) mass is 349 g/mol. The van der Waals surface area contributed by atoms with Gasteiger partial charge in [-0.2, -0.15) is 0 Å². The molecule has 0 saturated heterocycles. The molecule has 5 heteroatoms. The molecule has 0 radical (unpaired) electrons. The minimum absolute atomic E-state index is 0.357. The predicted octanol–water partition coefficient (Wildman–Crippen LogP) is 3.76. The van der Waals surface area contributed by atoms with Gasteiger partial charge in [0, 0.05) is 28.7 Å². The van der Waals surface area contributed by atoms with Crippen LogP contribution in [0.2, 0.25) is 0 Å². The first-order valence-electron chi connectivity index (χ1n) is 7.27. The van der Waals surface area contributed by atoms with Crippen LogP contribution in [0.25, 0.3) is 0 Å². The number of aryl methyl sites for hydroxylation is 1. The average molecular weight is 350 g/mol. The van der Waals surface area contributed by atoms with E-state index in [1.807, 2.05) is 6.92 Å². The van der Waals surface area contributed by atoms with Gasteiger partial charge in [0.1, 0.15) is 5.75 Å². The number of ether oxygens (including phenoxy) is 1. The van der Waals surface area contributed by atoms with E-state index in [0.29, 0.717) is 6.04 Å².